The van der Waals surface area contributed by atoms with Gasteiger partial charge in [-0.25, -0.2) is 4.39 Å². The lowest BCUT2D eigenvalue weighted by atomic mass is 10.2. The first-order chi connectivity index (χ1) is 5.15. The first kappa shape index (κ1) is 9.68. The molecule has 0 saturated heterocycles. The molecule has 0 unspecified atom stereocenters. The summed E-state index contributed by atoms with van der Waals surface area (Å²) in [5, 5.41) is 0.521. The standard InChI is InChI=1S/C7H4Br3F/c8-3-5-6(10)1-4(9)2-7(5)11/h1-2H,3H2. The van der Waals surface area contributed by atoms with Gasteiger partial charge in [0.15, 0.2) is 0 Å². The van der Waals surface area contributed by atoms with Crippen molar-refractivity contribution < 1.29 is 4.39 Å². The zero-order valence-electron chi connectivity index (χ0n) is 5.37. The Morgan fingerprint density at radius 1 is 1.27 bits per heavy atom. The Hall–Kier alpha value is 0.590. The molecule has 0 nitrogen and oxygen atoms in total. The third kappa shape index (κ3) is 2.26. The predicted molar refractivity (Wildman–Crippen MR) is 54.4 cm³/mol. The van der Waals surface area contributed by atoms with Crippen LogP contribution in [0.5, 0.6) is 0 Å². The van der Waals surface area contributed by atoms with Gasteiger partial charge in [0.25, 0.3) is 0 Å². The summed E-state index contributed by atoms with van der Waals surface area (Å²) in [7, 11) is 0. The fourth-order valence-electron chi connectivity index (χ4n) is 0.700. The van der Waals surface area contributed by atoms with Gasteiger partial charge in [-0.3, -0.25) is 0 Å². The Morgan fingerprint density at radius 2 is 1.91 bits per heavy atom. The minimum absolute atomic E-state index is 0.205. The summed E-state index contributed by atoms with van der Waals surface area (Å²) in [4.78, 5) is 0. The Morgan fingerprint density at radius 3 is 2.36 bits per heavy atom. The minimum atomic E-state index is -0.205. The number of hydrogen-bond donors (Lipinski definition) is 0. The lowest BCUT2D eigenvalue weighted by Crippen LogP contribution is -1.87. The lowest BCUT2D eigenvalue weighted by Gasteiger charge is -2.02. The number of benzene rings is 1. The van der Waals surface area contributed by atoms with Crippen LogP contribution in [-0.2, 0) is 5.33 Å². The highest BCUT2D eigenvalue weighted by atomic mass is 79.9. The SMILES string of the molecule is Fc1cc(Br)cc(Br)c1CBr. The normalized spacial score (nSPS) is 10.2. The van der Waals surface area contributed by atoms with E-state index >= 15 is 0 Å². The van der Waals surface area contributed by atoms with Crippen LogP contribution in [0.25, 0.3) is 0 Å². The second-order valence-electron chi connectivity index (χ2n) is 1.98. The van der Waals surface area contributed by atoms with Crippen LogP contribution in [0.1, 0.15) is 5.56 Å². The Labute approximate surface area is 89.6 Å². The topological polar surface area (TPSA) is 0 Å². The first-order valence-electron chi connectivity index (χ1n) is 2.84. The second-order valence-corrected chi connectivity index (χ2v) is 4.31. The summed E-state index contributed by atoms with van der Waals surface area (Å²) in [6.07, 6.45) is 0. The van der Waals surface area contributed by atoms with E-state index in [2.05, 4.69) is 47.8 Å². The monoisotopic (exact) mass is 344 g/mol. The van der Waals surface area contributed by atoms with Crippen molar-refractivity contribution in [3.63, 3.8) is 0 Å². The molecule has 1 rings (SSSR count). The molecule has 1 aromatic carbocycles. The maximum atomic E-state index is 13.0. The zero-order valence-corrected chi connectivity index (χ0v) is 10.1. The number of alkyl halides is 1. The van der Waals surface area contributed by atoms with Crippen molar-refractivity contribution in [1.82, 2.24) is 0 Å². The van der Waals surface area contributed by atoms with Crippen molar-refractivity contribution in [2.24, 2.45) is 0 Å². The van der Waals surface area contributed by atoms with Crippen LogP contribution in [-0.4, -0.2) is 0 Å². The molecule has 0 N–H and O–H groups in total. The van der Waals surface area contributed by atoms with Gasteiger partial charge in [-0.05, 0) is 12.1 Å². The van der Waals surface area contributed by atoms with E-state index in [-0.39, 0.29) is 5.82 Å². The van der Waals surface area contributed by atoms with Gasteiger partial charge >= 0.3 is 0 Å². The lowest BCUT2D eigenvalue weighted by molar-refractivity contribution is 0.615. The number of rotatable bonds is 1. The van der Waals surface area contributed by atoms with Crippen LogP contribution < -0.4 is 0 Å². The molecule has 0 aromatic heterocycles. The molecule has 0 fully saturated rings. The Kier molecular flexibility index (Phi) is 3.52. The average Bonchev–Trinajstić information content (AvgIpc) is 1.85. The molecule has 0 bridgehead atoms. The number of hydrogen-bond acceptors (Lipinski definition) is 0. The van der Waals surface area contributed by atoms with Crippen LogP contribution in [0, 0.1) is 5.82 Å². The molecular formula is C7H4Br3F. The highest BCUT2D eigenvalue weighted by molar-refractivity contribution is 9.11. The fourth-order valence-corrected chi connectivity index (χ4v) is 2.96. The van der Waals surface area contributed by atoms with Crippen molar-refractivity contribution in [3.05, 3.63) is 32.5 Å². The average molecular weight is 347 g/mol. The van der Waals surface area contributed by atoms with E-state index in [0.717, 1.165) is 8.95 Å². The van der Waals surface area contributed by atoms with Crippen LogP contribution in [0.4, 0.5) is 4.39 Å². The summed E-state index contributed by atoms with van der Waals surface area (Å²) in [6, 6.07) is 3.26. The Balaban J connectivity index is 3.25. The molecule has 0 aliphatic rings. The van der Waals surface area contributed by atoms with E-state index in [9.17, 15) is 4.39 Å². The summed E-state index contributed by atoms with van der Waals surface area (Å²) < 4.78 is 14.5. The molecule has 0 atom stereocenters. The van der Waals surface area contributed by atoms with Gasteiger partial charge in [-0.2, -0.15) is 0 Å². The largest absolute Gasteiger partial charge is 0.207 e. The van der Waals surface area contributed by atoms with Gasteiger partial charge in [-0.15, -0.1) is 0 Å². The van der Waals surface area contributed by atoms with Crippen molar-refractivity contribution >= 4 is 47.8 Å². The van der Waals surface area contributed by atoms with Crippen LogP contribution in [0.2, 0.25) is 0 Å². The number of halogens is 4. The second kappa shape index (κ2) is 4.01. The van der Waals surface area contributed by atoms with E-state index in [4.69, 9.17) is 0 Å². The summed E-state index contributed by atoms with van der Waals surface area (Å²) >= 11 is 9.65. The predicted octanol–water partition coefficient (Wildman–Crippen LogP) is 4.25. The maximum absolute atomic E-state index is 13.0. The molecule has 0 aliphatic carbocycles. The van der Waals surface area contributed by atoms with Crippen LogP contribution >= 0.6 is 47.8 Å². The maximum Gasteiger partial charge on any atom is 0.129 e. The van der Waals surface area contributed by atoms with Crippen molar-refractivity contribution in [1.29, 1.82) is 0 Å². The zero-order chi connectivity index (χ0) is 8.43. The smallest absolute Gasteiger partial charge is 0.129 e. The highest BCUT2D eigenvalue weighted by Crippen LogP contribution is 2.26. The fraction of sp³-hybridized carbons (Fsp3) is 0.143. The van der Waals surface area contributed by atoms with Crippen molar-refractivity contribution in [2.75, 3.05) is 0 Å². The molecule has 0 aliphatic heterocycles. The van der Waals surface area contributed by atoms with Crippen molar-refractivity contribution in [3.8, 4) is 0 Å². The summed E-state index contributed by atoms with van der Waals surface area (Å²) in [5.41, 5.74) is 0.646. The highest BCUT2D eigenvalue weighted by Gasteiger charge is 2.05. The van der Waals surface area contributed by atoms with E-state index in [1.165, 1.54) is 6.07 Å². The van der Waals surface area contributed by atoms with Gasteiger partial charge in [0.05, 0.1) is 0 Å². The minimum Gasteiger partial charge on any atom is -0.207 e. The third-order valence-corrected chi connectivity index (χ3v) is 2.97. The van der Waals surface area contributed by atoms with E-state index in [0.29, 0.717) is 10.9 Å². The molecule has 1 aromatic rings. The molecular weight excluding hydrogens is 343 g/mol. The van der Waals surface area contributed by atoms with E-state index in [1.807, 2.05) is 6.07 Å². The first-order valence-corrected chi connectivity index (χ1v) is 5.55. The summed E-state index contributed by atoms with van der Waals surface area (Å²) in [6.45, 7) is 0. The quantitative estimate of drug-likeness (QED) is 0.667. The van der Waals surface area contributed by atoms with E-state index in [1.54, 1.807) is 0 Å². The molecule has 60 valence electrons. The molecule has 11 heavy (non-hydrogen) atoms. The van der Waals surface area contributed by atoms with Gasteiger partial charge in [-0.1, -0.05) is 47.8 Å². The molecule has 0 radical (unpaired) electrons. The Bertz CT molecular complexity index is 249. The molecule has 0 spiro atoms. The third-order valence-electron chi connectivity index (χ3n) is 1.24. The van der Waals surface area contributed by atoms with Gasteiger partial charge in [0.2, 0.25) is 0 Å². The van der Waals surface area contributed by atoms with Gasteiger partial charge in [0.1, 0.15) is 5.82 Å². The van der Waals surface area contributed by atoms with Crippen LogP contribution in [0.15, 0.2) is 21.1 Å². The van der Waals surface area contributed by atoms with E-state index < -0.39 is 0 Å². The van der Waals surface area contributed by atoms with Gasteiger partial charge < -0.3 is 0 Å². The van der Waals surface area contributed by atoms with Crippen LogP contribution in [0.3, 0.4) is 0 Å². The molecule has 0 heterocycles. The molecule has 4 heteroatoms. The van der Waals surface area contributed by atoms with Crippen molar-refractivity contribution in [2.45, 2.75) is 5.33 Å². The van der Waals surface area contributed by atoms with Gasteiger partial charge in [0, 0.05) is 19.8 Å². The molecule has 0 saturated carbocycles. The molecule has 0 amide bonds. The summed E-state index contributed by atoms with van der Waals surface area (Å²) in [5.74, 6) is -0.205.